The molecule has 1 rings (SSSR count). The molecule has 5 nitrogen and oxygen atoms in total. The summed E-state index contributed by atoms with van der Waals surface area (Å²) in [5.74, 6) is 0. The van der Waals surface area contributed by atoms with E-state index in [-0.39, 0.29) is 17.7 Å². The lowest BCUT2D eigenvalue weighted by Gasteiger charge is -2.35. The number of ether oxygens (including phenoxy) is 1. The molecule has 1 heterocycles. The molecule has 0 aromatic carbocycles. The van der Waals surface area contributed by atoms with Crippen LogP contribution in [-0.4, -0.2) is 28.8 Å². The maximum atomic E-state index is 12.1. The van der Waals surface area contributed by atoms with Crippen molar-refractivity contribution in [3.8, 4) is 0 Å². The third-order valence-corrected chi connectivity index (χ3v) is 4.37. The second kappa shape index (κ2) is 7.92. The van der Waals surface area contributed by atoms with Gasteiger partial charge in [-0.25, -0.2) is 9.78 Å². The number of rotatable bonds is 7. The van der Waals surface area contributed by atoms with E-state index in [1.807, 2.05) is 31.7 Å². The van der Waals surface area contributed by atoms with Crippen molar-refractivity contribution in [3.63, 3.8) is 0 Å². The molecule has 0 radical (unpaired) electrons. The van der Waals surface area contributed by atoms with Gasteiger partial charge >= 0.3 is 6.09 Å². The smallest absolute Gasteiger partial charge is 0.408 e. The van der Waals surface area contributed by atoms with Gasteiger partial charge in [-0.05, 0) is 40.5 Å². The monoisotopic (exact) mass is 327 g/mol. The first-order valence-electron chi connectivity index (χ1n) is 7.84. The molecule has 22 heavy (non-hydrogen) atoms. The summed E-state index contributed by atoms with van der Waals surface area (Å²) in [7, 11) is 0. The van der Waals surface area contributed by atoms with Gasteiger partial charge < -0.3 is 15.4 Å². The second-order valence-electron chi connectivity index (χ2n) is 6.63. The molecule has 1 atom stereocenters. The zero-order chi connectivity index (χ0) is 16.8. The van der Waals surface area contributed by atoms with E-state index in [9.17, 15) is 4.79 Å². The highest BCUT2D eigenvalue weighted by Crippen LogP contribution is 2.19. The van der Waals surface area contributed by atoms with Crippen LogP contribution < -0.4 is 10.6 Å². The first-order chi connectivity index (χ1) is 10.2. The molecule has 1 aromatic rings. The minimum atomic E-state index is -0.487. The standard InChI is InChI=1S/C16H29N3O2S/c1-7-16(8-2,19-14(20)21-15(4,5)6)10-17-12(3)13-9-22-11-18-13/h9,11-12,17H,7-8,10H2,1-6H3,(H,19,20). The van der Waals surface area contributed by atoms with E-state index in [0.717, 1.165) is 18.5 Å². The van der Waals surface area contributed by atoms with Gasteiger partial charge in [0.1, 0.15) is 5.60 Å². The number of carbonyl (C=O) groups is 1. The van der Waals surface area contributed by atoms with Crippen LogP contribution in [0.3, 0.4) is 0 Å². The molecule has 1 amide bonds. The quantitative estimate of drug-likeness (QED) is 0.798. The Morgan fingerprint density at radius 3 is 2.45 bits per heavy atom. The van der Waals surface area contributed by atoms with Crippen LogP contribution in [0.15, 0.2) is 10.9 Å². The van der Waals surface area contributed by atoms with E-state index in [1.165, 1.54) is 0 Å². The summed E-state index contributed by atoms with van der Waals surface area (Å²) in [4.78, 5) is 16.4. The number of hydrogen-bond donors (Lipinski definition) is 2. The maximum Gasteiger partial charge on any atom is 0.408 e. The Morgan fingerprint density at radius 2 is 2.00 bits per heavy atom. The summed E-state index contributed by atoms with van der Waals surface area (Å²) in [6, 6.07) is 0.157. The Bertz CT molecular complexity index is 450. The fourth-order valence-corrected chi connectivity index (χ4v) is 2.78. The number of amides is 1. The highest BCUT2D eigenvalue weighted by atomic mass is 32.1. The first kappa shape index (κ1) is 18.9. The third-order valence-electron chi connectivity index (χ3n) is 3.76. The minimum Gasteiger partial charge on any atom is -0.444 e. The van der Waals surface area contributed by atoms with Crippen molar-refractivity contribution in [2.45, 2.75) is 71.6 Å². The second-order valence-corrected chi connectivity index (χ2v) is 7.35. The molecule has 0 bridgehead atoms. The van der Waals surface area contributed by atoms with Gasteiger partial charge in [-0.2, -0.15) is 0 Å². The van der Waals surface area contributed by atoms with Crippen LogP contribution in [0.5, 0.6) is 0 Å². The van der Waals surface area contributed by atoms with Gasteiger partial charge in [-0.3, -0.25) is 0 Å². The zero-order valence-electron chi connectivity index (χ0n) is 14.5. The highest BCUT2D eigenvalue weighted by Gasteiger charge is 2.30. The lowest BCUT2D eigenvalue weighted by atomic mass is 9.92. The van der Waals surface area contributed by atoms with Crippen molar-refractivity contribution in [3.05, 3.63) is 16.6 Å². The third kappa shape index (κ3) is 5.93. The Balaban J connectivity index is 2.64. The lowest BCUT2D eigenvalue weighted by Crippen LogP contribution is -2.55. The van der Waals surface area contributed by atoms with Crippen molar-refractivity contribution in [1.29, 1.82) is 0 Å². The van der Waals surface area contributed by atoms with E-state index in [4.69, 9.17) is 4.74 Å². The molecule has 1 aromatic heterocycles. The number of alkyl carbamates (subject to hydrolysis) is 1. The lowest BCUT2D eigenvalue weighted by molar-refractivity contribution is 0.0444. The van der Waals surface area contributed by atoms with E-state index in [2.05, 4.69) is 36.4 Å². The number of aromatic nitrogens is 1. The van der Waals surface area contributed by atoms with Crippen molar-refractivity contribution in [2.24, 2.45) is 0 Å². The summed E-state index contributed by atoms with van der Waals surface area (Å²) in [6.45, 7) is 12.5. The number of nitrogens with one attached hydrogen (secondary N) is 2. The molecule has 0 spiro atoms. The van der Waals surface area contributed by atoms with Gasteiger partial charge in [-0.15, -0.1) is 11.3 Å². The molecule has 0 aliphatic rings. The molecule has 1 unspecified atom stereocenters. The van der Waals surface area contributed by atoms with Gasteiger partial charge in [0.2, 0.25) is 0 Å². The van der Waals surface area contributed by atoms with E-state index >= 15 is 0 Å². The zero-order valence-corrected chi connectivity index (χ0v) is 15.3. The SMILES string of the molecule is CCC(CC)(CNC(C)c1cscn1)NC(=O)OC(C)(C)C. The Kier molecular flexibility index (Phi) is 6.81. The van der Waals surface area contributed by atoms with E-state index in [1.54, 1.807) is 11.3 Å². The van der Waals surface area contributed by atoms with Crippen molar-refractivity contribution >= 4 is 17.4 Å². The minimum absolute atomic E-state index is 0.157. The topological polar surface area (TPSA) is 63.2 Å². The molecule has 0 saturated carbocycles. The largest absolute Gasteiger partial charge is 0.444 e. The molecule has 0 aliphatic heterocycles. The van der Waals surface area contributed by atoms with Crippen molar-refractivity contribution in [2.75, 3.05) is 6.54 Å². The van der Waals surface area contributed by atoms with Crippen LogP contribution in [0.25, 0.3) is 0 Å². The predicted octanol–water partition coefficient (Wildman–Crippen LogP) is 3.88. The molecule has 2 N–H and O–H groups in total. The molecule has 6 heteroatoms. The Hall–Kier alpha value is -1.14. The highest BCUT2D eigenvalue weighted by molar-refractivity contribution is 7.07. The van der Waals surface area contributed by atoms with Crippen LogP contribution >= 0.6 is 11.3 Å². The normalized spacial score (nSPS) is 13.7. The van der Waals surface area contributed by atoms with Crippen LogP contribution in [0.1, 0.15) is 66.1 Å². The molecule has 0 fully saturated rings. The predicted molar refractivity (Wildman–Crippen MR) is 91.2 cm³/mol. The van der Waals surface area contributed by atoms with Crippen LogP contribution in [0.2, 0.25) is 0 Å². The maximum absolute atomic E-state index is 12.1. The van der Waals surface area contributed by atoms with Crippen molar-refractivity contribution in [1.82, 2.24) is 15.6 Å². The van der Waals surface area contributed by atoms with Crippen molar-refractivity contribution < 1.29 is 9.53 Å². The number of thiazole rings is 1. The Labute approximate surface area is 137 Å². The molecule has 0 aliphatic carbocycles. The summed E-state index contributed by atoms with van der Waals surface area (Å²) >= 11 is 1.59. The van der Waals surface area contributed by atoms with Gasteiger partial charge in [0.15, 0.2) is 0 Å². The van der Waals surface area contributed by atoms with Crippen LogP contribution in [0, 0.1) is 0 Å². The number of hydrogen-bond acceptors (Lipinski definition) is 5. The summed E-state index contributed by atoms with van der Waals surface area (Å²) in [5.41, 5.74) is 2.06. The number of carbonyl (C=O) groups excluding carboxylic acids is 1. The average molecular weight is 327 g/mol. The van der Waals surface area contributed by atoms with Gasteiger partial charge in [0.25, 0.3) is 0 Å². The molecular weight excluding hydrogens is 298 g/mol. The van der Waals surface area contributed by atoms with E-state index in [0.29, 0.717) is 6.54 Å². The van der Waals surface area contributed by atoms with Crippen LogP contribution in [-0.2, 0) is 4.74 Å². The first-order valence-corrected chi connectivity index (χ1v) is 8.78. The fourth-order valence-electron chi connectivity index (χ4n) is 2.13. The van der Waals surface area contributed by atoms with E-state index < -0.39 is 5.60 Å². The van der Waals surface area contributed by atoms with Crippen LogP contribution in [0.4, 0.5) is 4.79 Å². The molecule has 126 valence electrons. The summed E-state index contributed by atoms with van der Waals surface area (Å²) in [5, 5.41) is 8.56. The summed E-state index contributed by atoms with van der Waals surface area (Å²) < 4.78 is 5.39. The fraction of sp³-hybridized carbons (Fsp3) is 0.750. The number of nitrogens with zero attached hydrogens (tertiary/aromatic N) is 1. The van der Waals surface area contributed by atoms with Gasteiger partial charge in [-0.1, -0.05) is 13.8 Å². The van der Waals surface area contributed by atoms with Gasteiger partial charge in [0, 0.05) is 18.0 Å². The molecular formula is C16H29N3O2S. The average Bonchev–Trinajstić information content (AvgIpc) is 2.95. The molecule has 0 saturated heterocycles. The van der Waals surface area contributed by atoms with Gasteiger partial charge in [0.05, 0.1) is 16.7 Å². The Morgan fingerprint density at radius 1 is 1.36 bits per heavy atom. The summed E-state index contributed by atoms with van der Waals surface area (Å²) in [6.07, 6.45) is 1.30.